The molecule has 2 saturated carbocycles. The molecule has 4 atom stereocenters. The lowest BCUT2D eigenvalue weighted by molar-refractivity contribution is -0.168. The Morgan fingerprint density at radius 3 is 2.56 bits per heavy atom. The number of methoxy groups -OCH3 is 1. The average Bonchev–Trinajstić information content (AvgIpc) is 3.26. The van der Waals surface area contributed by atoms with Gasteiger partial charge in [-0.1, -0.05) is 52.2 Å². The highest BCUT2D eigenvalue weighted by Crippen LogP contribution is 2.62. The number of aryl methyl sites for hydroxylation is 1. The second-order valence-corrected chi connectivity index (χ2v) is 11.5. The quantitative estimate of drug-likeness (QED) is 0.233. The molecule has 0 aliphatic heterocycles. The van der Waals surface area contributed by atoms with E-state index in [1.165, 1.54) is 43.2 Å². The van der Waals surface area contributed by atoms with Gasteiger partial charge in [-0.15, -0.1) is 0 Å². The summed E-state index contributed by atoms with van der Waals surface area (Å²) in [5, 5.41) is 0. The lowest BCUT2D eigenvalue weighted by atomic mass is 9.46. The molecule has 1 aromatic rings. The monoisotopic (exact) mass is 471 g/mol. The fourth-order valence-corrected chi connectivity index (χ4v) is 7.22. The Hall–Kier alpha value is -1.55. The SMILES string of the molecule is C=C1CC[C@H]2[C@](C)(CCC[C@]2(C)C(=O)OC)[C@@H]1CCc1ccoc1CN(CCCC)CCCC. The number of allylic oxidation sites excluding steroid dienone is 1. The van der Waals surface area contributed by atoms with Crippen LogP contribution in [-0.2, 0) is 22.5 Å². The minimum Gasteiger partial charge on any atom is -0.469 e. The number of hydrogen-bond acceptors (Lipinski definition) is 4. The predicted molar refractivity (Wildman–Crippen MR) is 140 cm³/mol. The molecule has 34 heavy (non-hydrogen) atoms. The molecule has 4 heteroatoms. The first-order chi connectivity index (χ1) is 16.3. The van der Waals surface area contributed by atoms with E-state index in [0.717, 1.165) is 63.9 Å². The van der Waals surface area contributed by atoms with Crippen molar-refractivity contribution < 1.29 is 13.9 Å². The van der Waals surface area contributed by atoms with Crippen molar-refractivity contribution in [1.29, 1.82) is 0 Å². The Kier molecular flexibility index (Phi) is 9.49. The van der Waals surface area contributed by atoms with Crippen LogP contribution < -0.4 is 0 Å². The van der Waals surface area contributed by atoms with Gasteiger partial charge in [0.05, 0.1) is 25.3 Å². The lowest BCUT2D eigenvalue weighted by Crippen LogP contribution is -2.53. The zero-order valence-corrected chi connectivity index (χ0v) is 22.6. The van der Waals surface area contributed by atoms with Crippen molar-refractivity contribution in [1.82, 2.24) is 4.90 Å². The Balaban J connectivity index is 1.73. The first kappa shape index (κ1) is 27.0. The van der Waals surface area contributed by atoms with Crippen molar-refractivity contribution in [2.24, 2.45) is 22.7 Å². The molecule has 0 aromatic carbocycles. The van der Waals surface area contributed by atoms with E-state index >= 15 is 0 Å². The largest absolute Gasteiger partial charge is 0.469 e. The molecule has 0 saturated heterocycles. The minimum atomic E-state index is -0.374. The summed E-state index contributed by atoms with van der Waals surface area (Å²) in [6.07, 6.45) is 14.2. The van der Waals surface area contributed by atoms with E-state index in [4.69, 9.17) is 9.15 Å². The predicted octanol–water partition coefficient (Wildman–Crippen LogP) is 7.57. The molecule has 1 heterocycles. The maximum atomic E-state index is 12.9. The lowest BCUT2D eigenvalue weighted by Gasteiger charge is -2.57. The van der Waals surface area contributed by atoms with E-state index in [1.807, 2.05) is 6.26 Å². The van der Waals surface area contributed by atoms with Crippen LogP contribution in [0.2, 0.25) is 0 Å². The van der Waals surface area contributed by atoms with Gasteiger partial charge in [0.25, 0.3) is 0 Å². The molecule has 0 amide bonds. The first-order valence-electron chi connectivity index (χ1n) is 13.8. The summed E-state index contributed by atoms with van der Waals surface area (Å²) in [7, 11) is 1.55. The van der Waals surface area contributed by atoms with E-state index < -0.39 is 0 Å². The smallest absolute Gasteiger partial charge is 0.311 e. The number of carbonyl (C=O) groups is 1. The van der Waals surface area contributed by atoms with Crippen LogP contribution in [0.3, 0.4) is 0 Å². The van der Waals surface area contributed by atoms with E-state index in [9.17, 15) is 4.79 Å². The van der Waals surface area contributed by atoms with Crippen molar-refractivity contribution >= 4 is 5.97 Å². The van der Waals surface area contributed by atoms with Crippen LogP contribution in [0.25, 0.3) is 0 Å². The van der Waals surface area contributed by atoms with Gasteiger partial charge in [0, 0.05) is 0 Å². The molecule has 0 unspecified atom stereocenters. The van der Waals surface area contributed by atoms with Gasteiger partial charge in [0.15, 0.2) is 0 Å². The minimum absolute atomic E-state index is 0.0222. The van der Waals surface area contributed by atoms with Gasteiger partial charge >= 0.3 is 5.97 Å². The summed E-state index contributed by atoms with van der Waals surface area (Å²) >= 11 is 0. The zero-order valence-electron chi connectivity index (χ0n) is 22.6. The molecule has 1 aromatic heterocycles. The standard InChI is InChI=1S/C30H49NO3/c1-7-9-19-31(20-10-8-2)22-26-24(16-21-34-26)13-14-25-23(3)12-15-27-29(25,4)17-11-18-30(27,5)28(32)33-6/h16,21,25,27H,3,7-15,17-20,22H2,1-2,4-6H3/t25-,27+,29-,30+/m1/s1. The Bertz CT molecular complexity index is 806. The molecule has 2 fully saturated rings. The van der Waals surface area contributed by atoms with Crippen LogP contribution in [0, 0.1) is 22.7 Å². The fourth-order valence-electron chi connectivity index (χ4n) is 7.22. The van der Waals surface area contributed by atoms with Gasteiger partial charge in [-0.25, -0.2) is 0 Å². The van der Waals surface area contributed by atoms with E-state index in [0.29, 0.717) is 11.8 Å². The van der Waals surface area contributed by atoms with Gasteiger partial charge in [-0.05, 0) is 100 Å². The van der Waals surface area contributed by atoms with Crippen molar-refractivity contribution in [2.45, 2.75) is 105 Å². The number of ether oxygens (including phenoxy) is 1. The number of hydrogen-bond donors (Lipinski definition) is 0. The highest BCUT2D eigenvalue weighted by Gasteiger charge is 2.57. The van der Waals surface area contributed by atoms with Gasteiger partial charge in [0.2, 0.25) is 0 Å². The topological polar surface area (TPSA) is 42.7 Å². The maximum absolute atomic E-state index is 12.9. The van der Waals surface area contributed by atoms with Crippen LogP contribution in [0.1, 0.15) is 103 Å². The van der Waals surface area contributed by atoms with E-state index in [1.54, 1.807) is 7.11 Å². The Morgan fingerprint density at radius 2 is 1.91 bits per heavy atom. The second kappa shape index (κ2) is 11.9. The fraction of sp³-hybridized carbons (Fsp3) is 0.767. The van der Waals surface area contributed by atoms with Gasteiger partial charge in [-0.3, -0.25) is 9.69 Å². The van der Waals surface area contributed by atoms with Crippen molar-refractivity contribution in [3.05, 3.63) is 35.8 Å². The number of fused-ring (bicyclic) bond motifs is 1. The molecular formula is C30H49NO3. The normalized spacial score (nSPS) is 29.3. The number of unbranched alkanes of at least 4 members (excludes halogenated alkanes) is 2. The molecule has 192 valence electrons. The Labute approximate surface area is 208 Å². The molecule has 3 rings (SSSR count). The number of esters is 1. The summed E-state index contributed by atoms with van der Waals surface area (Å²) in [6.45, 7) is 16.8. The number of furan rings is 1. The molecule has 0 N–H and O–H groups in total. The molecule has 4 nitrogen and oxygen atoms in total. The van der Waals surface area contributed by atoms with Gasteiger partial charge < -0.3 is 9.15 Å². The molecule has 0 spiro atoms. The molecule has 0 bridgehead atoms. The molecule has 0 radical (unpaired) electrons. The number of carbonyl (C=O) groups excluding carboxylic acids is 1. The third kappa shape index (κ3) is 5.64. The molecule has 2 aliphatic carbocycles. The van der Waals surface area contributed by atoms with Crippen LogP contribution in [0.4, 0.5) is 0 Å². The van der Waals surface area contributed by atoms with Crippen LogP contribution in [0.5, 0.6) is 0 Å². The number of nitrogens with zero attached hydrogens (tertiary/aromatic N) is 1. The Morgan fingerprint density at radius 1 is 1.21 bits per heavy atom. The second-order valence-electron chi connectivity index (χ2n) is 11.5. The van der Waals surface area contributed by atoms with E-state index in [-0.39, 0.29) is 16.8 Å². The molecular weight excluding hydrogens is 422 g/mol. The number of rotatable bonds is 12. The van der Waals surface area contributed by atoms with Gasteiger partial charge in [0.1, 0.15) is 5.76 Å². The van der Waals surface area contributed by atoms with Crippen LogP contribution in [0.15, 0.2) is 28.9 Å². The third-order valence-electron chi connectivity index (χ3n) is 9.23. The molecule has 2 aliphatic rings. The van der Waals surface area contributed by atoms with Crippen molar-refractivity contribution in [3.8, 4) is 0 Å². The summed E-state index contributed by atoms with van der Waals surface area (Å²) in [6, 6.07) is 2.18. The highest BCUT2D eigenvalue weighted by atomic mass is 16.5. The summed E-state index contributed by atoms with van der Waals surface area (Å²) in [5.74, 6) is 1.91. The van der Waals surface area contributed by atoms with Crippen LogP contribution >= 0.6 is 0 Å². The van der Waals surface area contributed by atoms with Gasteiger partial charge in [-0.2, -0.15) is 0 Å². The van der Waals surface area contributed by atoms with Crippen molar-refractivity contribution in [2.75, 3.05) is 20.2 Å². The van der Waals surface area contributed by atoms with E-state index in [2.05, 4.69) is 45.2 Å². The van der Waals surface area contributed by atoms with Crippen LogP contribution in [-0.4, -0.2) is 31.1 Å². The summed E-state index contributed by atoms with van der Waals surface area (Å²) in [5.41, 5.74) is 2.46. The zero-order chi connectivity index (χ0) is 24.8. The average molecular weight is 472 g/mol. The highest BCUT2D eigenvalue weighted by molar-refractivity contribution is 5.77. The summed E-state index contributed by atoms with van der Waals surface area (Å²) < 4.78 is 11.3. The summed E-state index contributed by atoms with van der Waals surface area (Å²) in [4.78, 5) is 15.4. The maximum Gasteiger partial charge on any atom is 0.311 e. The third-order valence-corrected chi connectivity index (χ3v) is 9.23. The van der Waals surface area contributed by atoms with Crippen molar-refractivity contribution in [3.63, 3.8) is 0 Å². The first-order valence-corrected chi connectivity index (χ1v) is 13.8.